The molecule has 0 aliphatic heterocycles. The van der Waals surface area contributed by atoms with Crippen molar-refractivity contribution < 1.29 is 9.26 Å². The Bertz CT molecular complexity index is 928. The van der Waals surface area contributed by atoms with Crippen LogP contribution in [-0.4, -0.2) is 16.3 Å². The topological polar surface area (TPSA) is 83.3 Å². The molecule has 1 aromatic carbocycles. The zero-order valence-corrected chi connectivity index (χ0v) is 14.4. The average Bonchev–Trinajstić information content (AvgIpc) is 2.99. The van der Waals surface area contributed by atoms with E-state index in [1.54, 1.807) is 16.8 Å². The van der Waals surface area contributed by atoms with Gasteiger partial charge < -0.3 is 19.6 Å². The van der Waals surface area contributed by atoms with Crippen LogP contribution in [0.2, 0.25) is 0 Å². The lowest BCUT2D eigenvalue weighted by Gasteiger charge is -2.11. The zero-order valence-electron chi connectivity index (χ0n) is 14.4. The van der Waals surface area contributed by atoms with Crippen molar-refractivity contribution >= 4 is 5.69 Å². The number of nitrogens with two attached hydrogens (primary N) is 1. The molecule has 0 aliphatic rings. The molecule has 0 spiro atoms. The summed E-state index contributed by atoms with van der Waals surface area (Å²) in [7, 11) is 0. The molecular weight excluding hydrogens is 318 g/mol. The number of nitrogens with zero attached hydrogens (tertiary/aromatic N) is 2. The Morgan fingerprint density at radius 3 is 2.80 bits per heavy atom. The summed E-state index contributed by atoms with van der Waals surface area (Å²) in [6, 6.07) is 10.9. The smallest absolute Gasteiger partial charge is 0.254 e. The number of ether oxygens (including phenoxy) is 1. The van der Waals surface area contributed by atoms with Crippen molar-refractivity contribution in [3.8, 4) is 5.75 Å². The van der Waals surface area contributed by atoms with Crippen LogP contribution in [0.1, 0.15) is 22.6 Å². The van der Waals surface area contributed by atoms with E-state index in [-0.39, 0.29) is 5.56 Å². The third-order valence-electron chi connectivity index (χ3n) is 4.09. The van der Waals surface area contributed by atoms with Gasteiger partial charge in [0.1, 0.15) is 11.5 Å². The minimum Gasteiger partial charge on any atom is -0.493 e. The second-order valence-electron chi connectivity index (χ2n) is 5.99. The zero-order chi connectivity index (χ0) is 17.8. The van der Waals surface area contributed by atoms with Gasteiger partial charge in [-0.1, -0.05) is 17.3 Å². The fourth-order valence-corrected chi connectivity index (χ4v) is 2.57. The van der Waals surface area contributed by atoms with E-state index in [9.17, 15) is 4.79 Å². The first-order chi connectivity index (χ1) is 12.0. The Kier molecular flexibility index (Phi) is 4.88. The van der Waals surface area contributed by atoms with Crippen molar-refractivity contribution in [2.75, 3.05) is 12.3 Å². The van der Waals surface area contributed by atoms with Crippen LogP contribution >= 0.6 is 0 Å². The molecule has 3 rings (SSSR count). The number of pyridine rings is 1. The molecule has 0 atom stereocenters. The van der Waals surface area contributed by atoms with Crippen molar-refractivity contribution in [3.05, 3.63) is 75.5 Å². The fraction of sp³-hybridized carbons (Fsp3) is 0.263. The number of anilines is 1. The summed E-state index contributed by atoms with van der Waals surface area (Å²) in [6.45, 7) is 4.73. The lowest BCUT2D eigenvalue weighted by molar-refractivity contribution is 0.294. The predicted molar refractivity (Wildman–Crippen MR) is 95.8 cm³/mol. The summed E-state index contributed by atoms with van der Waals surface area (Å²) in [5, 5.41) is 3.83. The first-order valence-electron chi connectivity index (χ1n) is 8.12. The Hall–Kier alpha value is -3.02. The highest BCUT2D eigenvalue weighted by atomic mass is 16.5. The Labute approximate surface area is 145 Å². The van der Waals surface area contributed by atoms with Gasteiger partial charge in [-0.25, -0.2) is 0 Å². The summed E-state index contributed by atoms with van der Waals surface area (Å²) in [6.07, 6.45) is 2.34. The van der Waals surface area contributed by atoms with E-state index in [4.69, 9.17) is 15.0 Å². The quantitative estimate of drug-likeness (QED) is 0.698. The summed E-state index contributed by atoms with van der Waals surface area (Å²) in [4.78, 5) is 12.3. The van der Waals surface area contributed by atoms with Crippen LogP contribution in [0.4, 0.5) is 5.69 Å². The number of benzene rings is 1. The molecule has 0 bridgehead atoms. The number of hydrogen-bond acceptors (Lipinski definition) is 5. The Balaban J connectivity index is 1.64. The molecule has 130 valence electrons. The van der Waals surface area contributed by atoms with Crippen molar-refractivity contribution in [1.29, 1.82) is 0 Å². The van der Waals surface area contributed by atoms with Crippen LogP contribution in [0, 0.1) is 13.8 Å². The molecule has 6 heteroatoms. The van der Waals surface area contributed by atoms with Gasteiger partial charge in [0.15, 0.2) is 0 Å². The normalized spacial score (nSPS) is 10.8. The van der Waals surface area contributed by atoms with E-state index < -0.39 is 0 Å². The summed E-state index contributed by atoms with van der Waals surface area (Å²) in [5.41, 5.74) is 9.40. The number of aromatic nitrogens is 2. The summed E-state index contributed by atoms with van der Waals surface area (Å²) in [5.74, 6) is 1.31. The van der Waals surface area contributed by atoms with Gasteiger partial charge in [-0.2, -0.15) is 0 Å². The molecule has 25 heavy (non-hydrogen) atoms. The van der Waals surface area contributed by atoms with E-state index in [1.165, 1.54) is 6.07 Å². The molecule has 2 aromatic heterocycles. The van der Waals surface area contributed by atoms with Gasteiger partial charge in [0, 0.05) is 30.4 Å². The molecule has 0 radical (unpaired) electrons. The third kappa shape index (κ3) is 4.09. The van der Waals surface area contributed by atoms with E-state index >= 15 is 0 Å². The van der Waals surface area contributed by atoms with E-state index in [0.717, 1.165) is 28.3 Å². The Morgan fingerprint density at radius 1 is 1.24 bits per heavy atom. The van der Waals surface area contributed by atoms with Crippen LogP contribution in [0.5, 0.6) is 5.75 Å². The molecule has 0 aliphatic carbocycles. The number of nitrogen functional groups attached to an aromatic ring is 1. The second kappa shape index (κ2) is 7.25. The van der Waals surface area contributed by atoms with E-state index in [2.05, 4.69) is 5.16 Å². The average molecular weight is 339 g/mol. The molecule has 0 amide bonds. The standard InChI is InChI=1S/C19H21N3O3/c1-13-10-17(25-21-13)7-9-24-16-6-8-22(19(23)11-16)12-15-4-3-5-18(20)14(15)2/h3-6,8,10-11H,7,9,12,20H2,1-2H3. The van der Waals surface area contributed by atoms with Crippen LogP contribution in [0.25, 0.3) is 0 Å². The molecule has 0 fully saturated rings. The molecule has 0 unspecified atom stereocenters. The number of aryl methyl sites for hydroxylation is 1. The summed E-state index contributed by atoms with van der Waals surface area (Å²) < 4.78 is 12.4. The highest BCUT2D eigenvalue weighted by Crippen LogP contribution is 2.16. The lowest BCUT2D eigenvalue weighted by Crippen LogP contribution is -2.20. The first kappa shape index (κ1) is 16.8. The van der Waals surface area contributed by atoms with Crippen molar-refractivity contribution in [2.24, 2.45) is 0 Å². The summed E-state index contributed by atoms with van der Waals surface area (Å²) >= 11 is 0. The van der Waals surface area contributed by atoms with Gasteiger partial charge >= 0.3 is 0 Å². The number of hydrogen-bond donors (Lipinski definition) is 1. The van der Waals surface area contributed by atoms with Gasteiger partial charge in [-0.15, -0.1) is 0 Å². The minimum absolute atomic E-state index is 0.116. The Morgan fingerprint density at radius 2 is 2.08 bits per heavy atom. The van der Waals surface area contributed by atoms with Gasteiger partial charge in [-0.3, -0.25) is 4.79 Å². The first-order valence-corrected chi connectivity index (χ1v) is 8.12. The maximum absolute atomic E-state index is 12.3. The van der Waals surface area contributed by atoms with Gasteiger partial charge in [0.25, 0.3) is 5.56 Å². The van der Waals surface area contributed by atoms with Crippen molar-refractivity contribution in [2.45, 2.75) is 26.8 Å². The SMILES string of the molecule is Cc1cc(CCOc2ccn(Cc3cccc(N)c3C)c(=O)c2)on1. The lowest BCUT2D eigenvalue weighted by atomic mass is 10.1. The van der Waals surface area contributed by atoms with Gasteiger partial charge in [-0.05, 0) is 37.1 Å². The van der Waals surface area contributed by atoms with Crippen LogP contribution in [-0.2, 0) is 13.0 Å². The largest absolute Gasteiger partial charge is 0.493 e. The van der Waals surface area contributed by atoms with Gasteiger partial charge in [0.2, 0.25) is 0 Å². The maximum atomic E-state index is 12.3. The maximum Gasteiger partial charge on any atom is 0.254 e. The number of rotatable bonds is 6. The molecule has 0 saturated carbocycles. The highest BCUT2D eigenvalue weighted by molar-refractivity contribution is 5.50. The van der Waals surface area contributed by atoms with Crippen molar-refractivity contribution in [1.82, 2.24) is 9.72 Å². The van der Waals surface area contributed by atoms with Crippen LogP contribution in [0.3, 0.4) is 0 Å². The predicted octanol–water partition coefficient (Wildman–Crippen LogP) is 2.71. The van der Waals surface area contributed by atoms with Gasteiger partial charge in [0.05, 0.1) is 18.8 Å². The van der Waals surface area contributed by atoms with Crippen LogP contribution in [0.15, 0.2) is 51.9 Å². The van der Waals surface area contributed by atoms with Crippen molar-refractivity contribution in [3.63, 3.8) is 0 Å². The molecule has 2 heterocycles. The fourth-order valence-electron chi connectivity index (χ4n) is 2.57. The van der Waals surface area contributed by atoms with Crippen LogP contribution < -0.4 is 16.0 Å². The highest BCUT2D eigenvalue weighted by Gasteiger charge is 2.06. The molecular formula is C19H21N3O3. The molecule has 2 N–H and O–H groups in total. The monoisotopic (exact) mass is 339 g/mol. The molecule has 0 saturated heterocycles. The minimum atomic E-state index is -0.116. The molecule has 6 nitrogen and oxygen atoms in total. The third-order valence-corrected chi connectivity index (χ3v) is 4.09. The van der Waals surface area contributed by atoms with E-state index in [0.29, 0.717) is 25.3 Å². The second-order valence-corrected chi connectivity index (χ2v) is 5.99. The molecule has 3 aromatic rings. The van der Waals surface area contributed by atoms with E-state index in [1.807, 2.05) is 38.1 Å².